The molecule has 1 unspecified atom stereocenters. The maximum atomic E-state index is 11.3. The van der Waals surface area contributed by atoms with E-state index in [0.717, 1.165) is 0 Å². The lowest BCUT2D eigenvalue weighted by molar-refractivity contribution is -0.139. The molecule has 1 N–H and O–H groups in total. The number of thiophene rings is 1. The molecule has 20 heavy (non-hydrogen) atoms. The Kier molecular flexibility index (Phi) is 4.87. The molecule has 0 saturated heterocycles. The van der Waals surface area contributed by atoms with Crippen LogP contribution in [0.3, 0.4) is 0 Å². The number of benzene rings is 1. The van der Waals surface area contributed by atoms with Gasteiger partial charge in [0.1, 0.15) is 12.5 Å². The first-order valence-corrected chi connectivity index (χ1v) is 7.05. The Morgan fingerprint density at radius 2 is 2.00 bits per heavy atom. The first kappa shape index (κ1) is 14.7. The van der Waals surface area contributed by atoms with E-state index in [1.807, 2.05) is 6.07 Å². The van der Waals surface area contributed by atoms with Gasteiger partial charge >= 0.3 is 5.97 Å². The van der Waals surface area contributed by atoms with Crippen LogP contribution in [0.4, 0.5) is 0 Å². The molecule has 1 aromatic heterocycles. The standard InChI is InChI=1S/C14H13ClO4S/c1-18-10-4-2-3-5-11(10)19-8-9(14(16)17)12-6-7-13(15)20-12/h2-7,9H,8H2,1H3,(H,16,17). The zero-order valence-corrected chi connectivity index (χ0v) is 12.3. The molecule has 1 aromatic carbocycles. The molecular weight excluding hydrogens is 300 g/mol. The monoisotopic (exact) mass is 312 g/mol. The van der Waals surface area contributed by atoms with Gasteiger partial charge in [0.05, 0.1) is 11.4 Å². The number of para-hydroxylation sites is 2. The molecule has 0 amide bonds. The van der Waals surface area contributed by atoms with E-state index < -0.39 is 11.9 Å². The smallest absolute Gasteiger partial charge is 0.315 e. The van der Waals surface area contributed by atoms with Crippen molar-refractivity contribution in [3.63, 3.8) is 0 Å². The summed E-state index contributed by atoms with van der Waals surface area (Å²) in [5.41, 5.74) is 0. The number of halogens is 1. The zero-order valence-electron chi connectivity index (χ0n) is 10.7. The van der Waals surface area contributed by atoms with Crippen LogP contribution in [0.15, 0.2) is 36.4 Å². The molecule has 0 aliphatic rings. The Labute approximate surface area is 125 Å². The molecule has 106 valence electrons. The summed E-state index contributed by atoms with van der Waals surface area (Å²) in [5.74, 6) is -0.611. The molecule has 0 saturated carbocycles. The van der Waals surface area contributed by atoms with E-state index in [-0.39, 0.29) is 6.61 Å². The van der Waals surface area contributed by atoms with E-state index in [4.69, 9.17) is 21.1 Å². The highest BCUT2D eigenvalue weighted by atomic mass is 35.5. The number of carboxylic acid groups (broad SMARTS) is 1. The van der Waals surface area contributed by atoms with Crippen LogP contribution in [0, 0.1) is 0 Å². The van der Waals surface area contributed by atoms with Crippen LogP contribution in [-0.4, -0.2) is 24.8 Å². The Morgan fingerprint density at radius 1 is 1.30 bits per heavy atom. The number of aliphatic carboxylic acids is 1. The molecule has 2 rings (SSSR count). The first-order chi connectivity index (χ1) is 9.61. The summed E-state index contributed by atoms with van der Waals surface area (Å²) in [6, 6.07) is 10.5. The molecule has 1 heterocycles. The number of ether oxygens (including phenoxy) is 2. The molecule has 0 aliphatic heterocycles. The highest BCUT2D eigenvalue weighted by Gasteiger charge is 2.23. The minimum Gasteiger partial charge on any atom is -0.493 e. The second kappa shape index (κ2) is 6.63. The third kappa shape index (κ3) is 3.43. The number of carboxylic acids is 1. The Morgan fingerprint density at radius 3 is 2.55 bits per heavy atom. The Bertz CT molecular complexity index is 596. The fraction of sp³-hybridized carbons (Fsp3) is 0.214. The topological polar surface area (TPSA) is 55.8 Å². The van der Waals surface area contributed by atoms with Crippen molar-refractivity contribution in [3.05, 3.63) is 45.6 Å². The van der Waals surface area contributed by atoms with Crippen molar-refractivity contribution in [2.75, 3.05) is 13.7 Å². The zero-order chi connectivity index (χ0) is 14.5. The SMILES string of the molecule is COc1ccccc1OCC(C(=O)O)c1ccc(Cl)s1. The van der Waals surface area contributed by atoms with Gasteiger partial charge in [0.15, 0.2) is 11.5 Å². The van der Waals surface area contributed by atoms with Crippen molar-refractivity contribution < 1.29 is 19.4 Å². The second-order valence-electron chi connectivity index (χ2n) is 3.99. The molecule has 0 bridgehead atoms. The number of methoxy groups -OCH3 is 1. The van der Waals surface area contributed by atoms with Gasteiger partial charge in [-0.15, -0.1) is 11.3 Å². The lowest BCUT2D eigenvalue weighted by Crippen LogP contribution is -2.18. The maximum Gasteiger partial charge on any atom is 0.315 e. The summed E-state index contributed by atoms with van der Waals surface area (Å²) in [7, 11) is 1.54. The van der Waals surface area contributed by atoms with E-state index in [1.54, 1.807) is 30.3 Å². The molecule has 0 spiro atoms. The molecule has 2 aromatic rings. The van der Waals surface area contributed by atoms with Gasteiger partial charge < -0.3 is 14.6 Å². The number of rotatable bonds is 6. The van der Waals surface area contributed by atoms with Gasteiger partial charge in [0.25, 0.3) is 0 Å². The predicted molar refractivity (Wildman–Crippen MR) is 78.2 cm³/mol. The maximum absolute atomic E-state index is 11.3. The van der Waals surface area contributed by atoms with E-state index in [1.165, 1.54) is 18.4 Å². The minimum atomic E-state index is -0.946. The second-order valence-corrected chi connectivity index (χ2v) is 5.74. The number of hydrogen-bond donors (Lipinski definition) is 1. The van der Waals surface area contributed by atoms with Crippen molar-refractivity contribution in [3.8, 4) is 11.5 Å². The van der Waals surface area contributed by atoms with Gasteiger partial charge in [-0.3, -0.25) is 4.79 Å². The Hall–Kier alpha value is -1.72. The third-order valence-electron chi connectivity index (χ3n) is 2.71. The number of carbonyl (C=O) groups is 1. The fourth-order valence-electron chi connectivity index (χ4n) is 1.70. The van der Waals surface area contributed by atoms with E-state index >= 15 is 0 Å². The highest BCUT2D eigenvalue weighted by Crippen LogP contribution is 2.31. The van der Waals surface area contributed by atoms with Crippen molar-refractivity contribution in [1.82, 2.24) is 0 Å². The van der Waals surface area contributed by atoms with Crippen LogP contribution in [0.25, 0.3) is 0 Å². The van der Waals surface area contributed by atoms with Crippen LogP contribution in [0.5, 0.6) is 11.5 Å². The molecule has 4 nitrogen and oxygen atoms in total. The predicted octanol–water partition coefficient (Wildman–Crippen LogP) is 3.66. The number of hydrogen-bond acceptors (Lipinski definition) is 4. The Balaban J connectivity index is 2.12. The quantitative estimate of drug-likeness (QED) is 0.884. The van der Waals surface area contributed by atoms with E-state index in [2.05, 4.69) is 0 Å². The van der Waals surface area contributed by atoms with Gasteiger partial charge in [0, 0.05) is 4.88 Å². The van der Waals surface area contributed by atoms with Gasteiger partial charge in [-0.05, 0) is 24.3 Å². The van der Waals surface area contributed by atoms with Gasteiger partial charge in [-0.25, -0.2) is 0 Å². The van der Waals surface area contributed by atoms with E-state index in [0.29, 0.717) is 20.7 Å². The van der Waals surface area contributed by atoms with E-state index in [9.17, 15) is 9.90 Å². The highest BCUT2D eigenvalue weighted by molar-refractivity contribution is 7.16. The van der Waals surface area contributed by atoms with Gasteiger partial charge in [-0.1, -0.05) is 23.7 Å². The average molecular weight is 313 g/mol. The van der Waals surface area contributed by atoms with Crippen molar-refractivity contribution in [2.45, 2.75) is 5.92 Å². The van der Waals surface area contributed by atoms with Crippen molar-refractivity contribution in [2.24, 2.45) is 0 Å². The summed E-state index contributed by atoms with van der Waals surface area (Å²) in [6.07, 6.45) is 0. The molecule has 0 radical (unpaired) electrons. The van der Waals surface area contributed by atoms with Crippen LogP contribution < -0.4 is 9.47 Å². The van der Waals surface area contributed by atoms with Gasteiger partial charge in [0.2, 0.25) is 0 Å². The van der Waals surface area contributed by atoms with Crippen LogP contribution in [-0.2, 0) is 4.79 Å². The molecule has 0 fully saturated rings. The molecule has 6 heteroatoms. The summed E-state index contributed by atoms with van der Waals surface area (Å²) in [5, 5.41) is 9.29. The molecule has 0 aliphatic carbocycles. The van der Waals surface area contributed by atoms with Gasteiger partial charge in [-0.2, -0.15) is 0 Å². The summed E-state index contributed by atoms with van der Waals surface area (Å²) < 4.78 is 11.3. The molecular formula is C14H13ClO4S. The average Bonchev–Trinajstić information content (AvgIpc) is 2.85. The first-order valence-electron chi connectivity index (χ1n) is 5.85. The largest absolute Gasteiger partial charge is 0.493 e. The van der Waals surface area contributed by atoms with Crippen molar-refractivity contribution in [1.29, 1.82) is 0 Å². The molecule has 1 atom stereocenters. The van der Waals surface area contributed by atoms with Crippen LogP contribution >= 0.6 is 22.9 Å². The lowest BCUT2D eigenvalue weighted by Gasteiger charge is -2.14. The third-order valence-corrected chi connectivity index (χ3v) is 4.05. The van der Waals surface area contributed by atoms with Crippen LogP contribution in [0.1, 0.15) is 10.8 Å². The summed E-state index contributed by atoms with van der Waals surface area (Å²) in [6.45, 7) is 0.0204. The fourth-order valence-corrected chi connectivity index (χ4v) is 2.84. The van der Waals surface area contributed by atoms with Crippen molar-refractivity contribution >= 4 is 28.9 Å². The lowest BCUT2D eigenvalue weighted by atomic mass is 10.1. The summed E-state index contributed by atoms with van der Waals surface area (Å²) >= 11 is 7.08. The summed E-state index contributed by atoms with van der Waals surface area (Å²) in [4.78, 5) is 12.0. The normalized spacial score (nSPS) is 11.9. The minimum absolute atomic E-state index is 0.0204. The van der Waals surface area contributed by atoms with Crippen LogP contribution in [0.2, 0.25) is 4.34 Å².